The lowest BCUT2D eigenvalue weighted by atomic mass is 9.90. The average Bonchev–Trinajstić information content (AvgIpc) is 2.43. The smallest absolute Gasteiger partial charge is 0.317 e. The van der Waals surface area contributed by atoms with Crippen LogP contribution < -0.4 is 0 Å². The molecular formula is C17H25NO5. The summed E-state index contributed by atoms with van der Waals surface area (Å²) in [7, 11) is 0. The fraction of sp³-hybridized carbons (Fsp3) is 0.529. The normalized spacial score (nSPS) is 11.2. The number of rotatable bonds is 9. The Morgan fingerprint density at radius 2 is 1.61 bits per heavy atom. The number of aromatic hydroxyl groups is 1. The Kier molecular flexibility index (Phi) is 7.03. The molecule has 0 spiro atoms. The Bertz CT molecular complexity index is 550. The van der Waals surface area contributed by atoms with Crippen molar-refractivity contribution >= 4 is 11.9 Å². The quantitative estimate of drug-likeness (QED) is 0.646. The molecule has 1 aromatic rings. The summed E-state index contributed by atoms with van der Waals surface area (Å²) in [5.74, 6) is -1.83. The van der Waals surface area contributed by atoms with Crippen molar-refractivity contribution in [2.24, 2.45) is 0 Å². The van der Waals surface area contributed by atoms with Crippen LogP contribution in [0.15, 0.2) is 12.1 Å². The van der Waals surface area contributed by atoms with Crippen molar-refractivity contribution in [2.45, 2.75) is 46.1 Å². The molecule has 0 amide bonds. The molecule has 0 aliphatic carbocycles. The van der Waals surface area contributed by atoms with E-state index < -0.39 is 11.9 Å². The molecule has 0 atom stereocenters. The second-order valence-electron chi connectivity index (χ2n) is 5.81. The number of hydrogen-bond donors (Lipinski definition) is 3. The van der Waals surface area contributed by atoms with E-state index in [1.165, 1.54) is 4.90 Å². The third-order valence-corrected chi connectivity index (χ3v) is 3.90. The van der Waals surface area contributed by atoms with Crippen LogP contribution in [0.25, 0.3) is 0 Å². The first-order valence-electron chi connectivity index (χ1n) is 7.76. The highest BCUT2D eigenvalue weighted by Gasteiger charge is 2.19. The molecule has 0 unspecified atom stereocenters. The Hall–Kier alpha value is -2.08. The zero-order valence-corrected chi connectivity index (χ0v) is 13.9. The summed E-state index contributed by atoms with van der Waals surface area (Å²) in [6.45, 7) is 5.32. The molecule has 128 valence electrons. The van der Waals surface area contributed by atoms with E-state index in [9.17, 15) is 14.7 Å². The SMILES string of the molecule is CCC(CC)c1cc(C)cc(CN(CC(=O)O)CC(=O)O)c1O. The van der Waals surface area contributed by atoms with Crippen molar-refractivity contribution in [3.63, 3.8) is 0 Å². The molecule has 0 bridgehead atoms. The van der Waals surface area contributed by atoms with Crippen LogP contribution in [0.1, 0.15) is 49.3 Å². The molecule has 0 saturated heterocycles. The highest BCUT2D eigenvalue weighted by Crippen LogP contribution is 2.34. The minimum absolute atomic E-state index is 0.0826. The van der Waals surface area contributed by atoms with Gasteiger partial charge in [-0.25, -0.2) is 0 Å². The summed E-state index contributed by atoms with van der Waals surface area (Å²) in [6, 6.07) is 3.72. The lowest BCUT2D eigenvalue weighted by molar-refractivity contribution is -0.142. The second kappa shape index (κ2) is 8.53. The third-order valence-electron chi connectivity index (χ3n) is 3.90. The maximum atomic E-state index is 10.9. The van der Waals surface area contributed by atoms with Gasteiger partial charge in [-0.2, -0.15) is 0 Å². The van der Waals surface area contributed by atoms with E-state index in [0.717, 1.165) is 24.0 Å². The van der Waals surface area contributed by atoms with E-state index in [-0.39, 0.29) is 31.3 Å². The van der Waals surface area contributed by atoms with Crippen molar-refractivity contribution in [3.05, 3.63) is 28.8 Å². The van der Waals surface area contributed by atoms with E-state index >= 15 is 0 Å². The average molecular weight is 323 g/mol. The van der Waals surface area contributed by atoms with E-state index in [2.05, 4.69) is 13.8 Å². The molecule has 23 heavy (non-hydrogen) atoms. The van der Waals surface area contributed by atoms with Crippen LogP contribution in [0, 0.1) is 6.92 Å². The van der Waals surface area contributed by atoms with Crippen LogP contribution in [0.5, 0.6) is 5.75 Å². The van der Waals surface area contributed by atoms with Gasteiger partial charge in [0.1, 0.15) is 5.75 Å². The zero-order valence-electron chi connectivity index (χ0n) is 13.9. The molecular weight excluding hydrogens is 298 g/mol. The van der Waals surface area contributed by atoms with Crippen molar-refractivity contribution in [1.29, 1.82) is 0 Å². The fourth-order valence-electron chi connectivity index (χ4n) is 2.84. The molecule has 0 fully saturated rings. The van der Waals surface area contributed by atoms with Crippen LogP contribution in [-0.2, 0) is 16.1 Å². The van der Waals surface area contributed by atoms with E-state index in [4.69, 9.17) is 10.2 Å². The number of carboxylic acid groups (broad SMARTS) is 2. The van der Waals surface area contributed by atoms with E-state index in [1.54, 1.807) is 6.07 Å². The van der Waals surface area contributed by atoms with Gasteiger partial charge in [-0.05, 0) is 31.2 Å². The maximum absolute atomic E-state index is 10.9. The Labute approximate surface area is 136 Å². The van der Waals surface area contributed by atoms with Crippen molar-refractivity contribution in [3.8, 4) is 5.75 Å². The van der Waals surface area contributed by atoms with Crippen LogP contribution >= 0.6 is 0 Å². The number of aryl methyl sites for hydroxylation is 1. The van der Waals surface area contributed by atoms with Crippen LogP contribution in [-0.4, -0.2) is 45.2 Å². The molecule has 1 rings (SSSR count). The summed E-state index contributed by atoms with van der Waals surface area (Å²) in [6.07, 6.45) is 1.78. The number of carbonyl (C=O) groups is 2. The minimum Gasteiger partial charge on any atom is -0.507 e. The number of aliphatic carboxylic acids is 2. The zero-order chi connectivity index (χ0) is 17.6. The molecule has 1 aromatic carbocycles. The van der Waals surface area contributed by atoms with E-state index in [1.807, 2.05) is 13.0 Å². The largest absolute Gasteiger partial charge is 0.507 e. The fourth-order valence-corrected chi connectivity index (χ4v) is 2.84. The Balaban J connectivity index is 3.14. The number of nitrogens with zero attached hydrogens (tertiary/aromatic N) is 1. The summed E-state index contributed by atoms with van der Waals surface area (Å²) in [5, 5.41) is 28.4. The molecule has 6 heteroatoms. The molecule has 0 aliphatic heterocycles. The molecule has 6 nitrogen and oxygen atoms in total. The lowest BCUT2D eigenvalue weighted by Crippen LogP contribution is -2.34. The molecule has 0 radical (unpaired) electrons. The van der Waals surface area contributed by atoms with Crippen LogP contribution in [0.4, 0.5) is 0 Å². The first-order valence-corrected chi connectivity index (χ1v) is 7.76. The Morgan fingerprint density at radius 1 is 1.09 bits per heavy atom. The topological polar surface area (TPSA) is 98.1 Å². The van der Waals surface area contributed by atoms with Gasteiger partial charge in [0.2, 0.25) is 0 Å². The van der Waals surface area contributed by atoms with Gasteiger partial charge in [-0.1, -0.05) is 31.5 Å². The lowest BCUT2D eigenvalue weighted by Gasteiger charge is -2.22. The molecule has 3 N–H and O–H groups in total. The standard InChI is InChI=1S/C17H25NO5/c1-4-12(5-2)14-7-11(3)6-13(17(14)23)8-18(9-15(19)20)10-16(21)22/h6-7,12,23H,4-5,8-10H2,1-3H3,(H,19,20)(H,21,22). The second-order valence-corrected chi connectivity index (χ2v) is 5.81. The summed E-state index contributed by atoms with van der Waals surface area (Å²) in [5.41, 5.74) is 2.37. The summed E-state index contributed by atoms with van der Waals surface area (Å²) in [4.78, 5) is 23.1. The van der Waals surface area contributed by atoms with Gasteiger partial charge < -0.3 is 15.3 Å². The van der Waals surface area contributed by atoms with Crippen molar-refractivity contribution in [1.82, 2.24) is 4.90 Å². The molecule has 0 heterocycles. The van der Waals surface area contributed by atoms with Gasteiger partial charge in [0.25, 0.3) is 0 Å². The van der Waals surface area contributed by atoms with Crippen LogP contribution in [0.2, 0.25) is 0 Å². The van der Waals surface area contributed by atoms with Gasteiger partial charge in [0.05, 0.1) is 13.1 Å². The van der Waals surface area contributed by atoms with Gasteiger partial charge in [0, 0.05) is 12.1 Å². The number of phenolic OH excluding ortho intramolecular Hbond substituents is 1. The van der Waals surface area contributed by atoms with Gasteiger partial charge in [-0.15, -0.1) is 0 Å². The number of hydrogen-bond acceptors (Lipinski definition) is 4. The predicted molar refractivity (Wildman–Crippen MR) is 86.7 cm³/mol. The number of phenols is 1. The first-order chi connectivity index (χ1) is 10.8. The highest BCUT2D eigenvalue weighted by atomic mass is 16.4. The third kappa shape index (κ3) is 5.56. The van der Waals surface area contributed by atoms with Crippen LogP contribution in [0.3, 0.4) is 0 Å². The first kappa shape index (κ1) is 19.0. The van der Waals surface area contributed by atoms with Gasteiger partial charge in [-0.3, -0.25) is 14.5 Å². The monoisotopic (exact) mass is 323 g/mol. The van der Waals surface area contributed by atoms with Crippen molar-refractivity contribution < 1.29 is 24.9 Å². The van der Waals surface area contributed by atoms with Crippen molar-refractivity contribution in [2.75, 3.05) is 13.1 Å². The summed E-state index contributed by atoms with van der Waals surface area (Å²) >= 11 is 0. The highest BCUT2D eigenvalue weighted by molar-refractivity contribution is 5.72. The van der Waals surface area contributed by atoms with E-state index in [0.29, 0.717) is 5.56 Å². The predicted octanol–water partition coefficient (Wildman–Crippen LogP) is 2.58. The number of carboxylic acids is 2. The van der Waals surface area contributed by atoms with Gasteiger partial charge >= 0.3 is 11.9 Å². The summed E-state index contributed by atoms with van der Waals surface area (Å²) < 4.78 is 0. The van der Waals surface area contributed by atoms with Gasteiger partial charge in [0.15, 0.2) is 0 Å². The maximum Gasteiger partial charge on any atom is 0.317 e. The Morgan fingerprint density at radius 3 is 2.04 bits per heavy atom. The molecule has 0 aromatic heterocycles. The minimum atomic E-state index is -1.10. The number of benzene rings is 1. The molecule has 0 saturated carbocycles. The molecule has 0 aliphatic rings.